The molecule has 9 heteroatoms. The van der Waals surface area contributed by atoms with Crippen molar-refractivity contribution >= 4 is 5.97 Å². The fourth-order valence-electron chi connectivity index (χ4n) is 4.60. The van der Waals surface area contributed by atoms with E-state index in [9.17, 15) is 36.2 Å². The SMILES string of the molecule is CC(C)CC(C(=O)O)c1cc(-c2ccccc2)cc(C2CCC(C(F)(F)F)CN2)c1C(F)(F)F. The molecule has 0 aliphatic carbocycles. The van der Waals surface area contributed by atoms with Crippen LogP contribution in [0, 0.1) is 11.8 Å². The Hall–Kier alpha value is -2.55. The molecule has 3 unspecified atom stereocenters. The Labute approximate surface area is 194 Å². The summed E-state index contributed by atoms with van der Waals surface area (Å²) in [5.41, 5.74) is -0.641. The molecule has 2 N–H and O–H groups in total. The van der Waals surface area contributed by atoms with Gasteiger partial charge in [-0.3, -0.25) is 4.79 Å². The second-order valence-corrected chi connectivity index (χ2v) is 9.19. The standard InChI is InChI=1S/C25H27F6NO2/c1-14(2)10-19(23(33)34)18-11-16(15-6-4-3-5-7-15)12-20(22(18)25(29,30)31)21-9-8-17(13-32-21)24(26,27)28/h3-7,11-12,14,17,19,21,32H,8-10,13H2,1-2H3,(H,33,34). The van der Waals surface area contributed by atoms with E-state index in [0.29, 0.717) is 11.1 Å². The summed E-state index contributed by atoms with van der Waals surface area (Å²) in [5, 5.41) is 12.5. The number of halogens is 6. The van der Waals surface area contributed by atoms with Gasteiger partial charge in [0.1, 0.15) is 0 Å². The minimum atomic E-state index is -4.88. The van der Waals surface area contributed by atoms with Crippen molar-refractivity contribution in [1.82, 2.24) is 5.32 Å². The molecule has 186 valence electrons. The third kappa shape index (κ3) is 5.92. The van der Waals surface area contributed by atoms with Gasteiger partial charge < -0.3 is 10.4 Å². The number of piperidine rings is 1. The molecule has 0 bridgehead atoms. The summed E-state index contributed by atoms with van der Waals surface area (Å²) in [5.74, 6) is -4.61. The van der Waals surface area contributed by atoms with E-state index in [1.165, 1.54) is 12.1 Å². The Kier molecular flexibility index (Phi) is 7.65. The number of benzene rings is 2. The van der Waals surface area contributed by atoms with E-state index in [2.05, 4.69) is 5.32 Å². The van der Waals surface area contributed by atoms with Gasteiger partial charge in [0.2, 0.25) is 0 Å². The van der Waals surface area contributed by atoms with Crippen LogP contribution in [0.25, 0.3) is 11.1 Å². The van der Waals surface area contributed by atoms with Crippen molar-refractivity contribution in [2.24, 2.45) is 11.8 Å². The molecule has 0 amide bonds. The summed E-state index contributed by atoms with van der Waals surface area (Å²) in [4.78, 5) is 12.1. The predicted molar refractivity (Wildman–Crippen MR) is 116 cm³/mol. The first-order chi connectivity index (χ1) is 15.8. The van der Waals surface area contributed by atoms with Gasteiger partial charge in [-0.25, -0.2) is 0 Å². The van der Waals surface area contributed by atoms with Gasteiger partial charge in [-0.05, 0) is 59.6 Å². The van der Waals surface area contributed by atoms with E-state index in [1.807, 2.05) is 0 Å². The monoisotopic (exact) mass is 487 g/mol. The van der Waals surface area contributed by atoms with Crippen LogP contribution in [0.15, 0.2) is 42.5 Å². The number of carbonyl (C=O) groups is 1. The molecular weight excluding hydrogens is 460 g/mol. The summed E-state index contributed by atoms with van der Waals surface area (Å²) >= 11 is 0. The first kappa shape index (κ1) is 26.1. The molecule has 3 rings (SSSR count). The van der Waals surface area contributed by atoms with E-state index in [4.69, 9.17) is 0 Å². The normalized spacial score (nSPS) is 20.4. The van der Waals surface area contributed by atoms with Crippen molar-refractivity contribution in [3.05, 3.63) is 59.2 Å². The van der Waals surface area contributed by atoms with Crippen molar-refractivity contribution in [3.63, 3.8) is 0 Å². The molecule has 2 aromatic carbocycles. The van der Waals surface area contributed by atoms with Gasteiger partial charge in [0, 0.05) is 12.6 Å². The Balaban J connectivity index is 2.21. The molecule has 1 fully saturated rings. The van der Waals surface area contributed by atoms with E-state index >= 15 is 0 Å². The van der Waals surface area contributed by atoms with Gasteiger partial charge in [0.25, 0.3) is 0 Å². The number of nitrogens with one attached hydrogen (secondary N) is 1. The van der Waals surface area contributed by atoms with Crippen LogP contribution in [0.1, 0.15) is 61.8 Å². The molecule has 3 nitrogen and oxygen atoms in total. The lowest BCUT2D eigenvalue weighted by Gasteiger charge is -2.34. The predicted octanol–water partition coefficient (Wildman–Crippen LogP) is 7.19. The van der Waals surface area contributed by atoms with Gasteiger partial charge in [0.15, 0.2) is 0 Å². The largest absolute Gasteiger partial charge is 0.481 e. The highest BCUT2D eigenvalue weighted by Gasteiger charge is 2.45. The van der Waals surface area contributed by atoms with E-state index in [1.54, 1.807) is 44.2 Å². The Morgan fingerprint density at radius 3 is 2.15 bits per heavy atom. The van der Waals surface area contributed by atoms with Crippen LogP contribution in [-0.4, -0.2) is 23.8 Å². The molecule has 1 heterocycles. The van der Waals surface area contributed by atoms with E-state index in [-0.39, 0.29) is 36.3 Å². The van der Waals surface area contributed by atoms with Crippen LogP contribution in [0.4, 0.5) is 26.3 Å². The summed E-state index contributed by atoms with van der Waals surface area (Å²) in [7, 11) is 0. The van der Waals surface area contributed by atoms with Gasteiger partial charge in [0.05, 0.1) is 17.4 Å². The zero-order valence-electron chi connectivity index (χ0n) is 18.8. The van der Waals surface area contributed by atoms with E-state index in [0.717, 1.165) is 0 Å². The highest BCUT2D eigenvalue weighted by atomic mass is 19.4. The molecule has 2 aromatic rings. The lowest BCUT2D eigenvalue weighted by molar-refractivity contribution is -0.180. The first-order valence-corrected chi connectivity index (χ1v) is 11.1. The number of aliphatic carboxylic acids is 1. The van der Waals surface area contributed by atoms with Gasteiger partial charge in [-0.2, -0.15) is 26.3 Å². The number of rotatable bonds is 6. The van der Waals surface area contributed by atoms with Crippen LogP contribution in [0.3, 0.4) is 0 Å². The number of alkyl halides is 6. The highest BCUT2D eigenvalue weighted by molar-refractivity contribution is 5.79. The van der Waals surface area contributed by atoms with E-state index < -0.39 is 48.3 Å². The van der Waals surface area contributed by atoms with Gasteiger partial charge >= 0.3 is 18.3 Å². The minimum absolute atomic E-state index is 0.00958. The van der Waals surface area contributed by atoms with Gasteiger partial charge in [-0.1, -0.05) is 44.2 Å². The molecule has 34 heavy (non-hydrogen) atoms. The molecule has 0 radical (unpaired) electrons. The molecule has 0 aromatic heterocycles. The molecule has 1 saturated heterocycles. The van der Waals surface area contributed by atoms with Crippen LogP contribution in [-0.2, 0) is 11.0 Å². The second-order valence-electron chi connectivity index (χ2n) is 9.19. The maximum atomic E-state index is 14.4. The van der Waals surface area contributed by atoms with Crippen molar-refractivity contribution < 1.29 is 36.2 Å². The zero-order valence-corrected chi connectivity index (χ0v) is 18.8. The van der Waals surface area contributed by atoms with Crippen molar-refractivity contribution in [3.8, 4) is 11.1 Å². The molecule has 1 aliphatic heterocycles. The van der Waals surface area contributed by atoms with Crippen LogP contribution >= 0.6 is 0 Å². The smallest absolute Gasteiger partial charge is 0.417 e. The molecule has 0 saturated carbocycles. The van der Waals surface area contributed by atoms with Crippen molar-refractivity contribution in [1.29, 1.82) is 0 Å². The van der Waals surface area contributed by atoms with Crippen molar-refractivity contribution in [2.45, 2.75) is 57.4 Å². The summed E-state index contributed by atoms with van der Waals surface area (Å²) < 4.78 is 82.6. The maximum absolute atomic E-state index is 14.4. The van der Waals surface area contributed by atoms with Crippen molar-refractivity contribution in [2.75, 3.05) is 6.54 Å². The van der Waals surface area contributed by atoms with Crippen LogP contribution in [0.2, 0.25) is 0 Å². The molecule has 1 aliphatic rings. The Bertz CT molecular complexity index is 993. The highest BCUT2D eigenvalue weighted by Crippen LogP contribution is 2.46. The minimum Gasteiger partial charge on any atom is -0.481 e. The van der Waals surface area contributed by atoms with Crippen LogP contribution in [0.5, 0.6) is 0 Å². The summed E-state index contributed by atoms with van der Waals surface area (Å²) in [6, 6.07) is 10.2. The topological polar surface area (TPSA) is 49.3 Å². The number of hydrogen-bond acceptors (Lipinski definition) is 2. The maximum Gasteiger partial charge on any atom is 0.417 e. The fraction of sp³-hybridized carbons (Fsp3) is 0.480. The lowest BCUT2D eigenvalue weighted by Crippen LogP contribution is -2.41. The number of carboxylic acid groups (broad SMARTS) is 1. The first-order valence-electron chi connectivity index (χ1n) is 11.1. The third-order valence-corrected chi connectivity index (χ3v) is 6.22. The summed E-state index contributed by atoms with van der Waals surface area (Å²) in [6.07, 6.45) is -9.78. The number of hydrogen-bond donors (Lipinski definition) is 2. The second kappa shape index (κ2) is 9.98. The quantitative estimate of drug-likeness (QED) is 0.424. The average Bonchev–Trinajstić information content (AvgIpc) is 2.75. The average molecular weight is 487 g/mol. The fourth-order valence-corrected chi connectivity index (χ4v) is 4.60. The number of carboxylic acids is 1. The summed E-state index contributed by atoms with van der Waals surface area (Å²) in [6.45, 7) is 2.96. The zero-order chi connectivity index (χ0) is 25.3. The Morgan fingerprint density at radius 1 is 1.03 bits per heavy atom. The van der Waals surface area contributed by atoms with Gasteiger partial charge in [-0.15, -0.1) is 0 Å². The lowest BCUT2D eigenvalue weighted by atomic mass is 9.80. The molecular formula is C25H27F6NO2. The molecule has 3 atom stereocenters. The Morgan fingerprint density at radius 2 is 1.68 bits per heavy atom. The third-order valence-electron chi connectivity index (χ3n) is 6.22. The molecule has 0 spiro atoms. The van der Waals surface area contributed by atoms with Crippen LogP contribution < -0.4 is 5.32 Å².